The molecule has 1 fully saturated rings. The van der Waals surface area contributed by atoms with Gasteiger partial charge in [0.15, 0.2) is 5.82 Å². The number of hydrogen-bond acceptors (Lipinski definition) is 5. The van der Waals surface area contributed by atoms with Crippen LogP contribution < -0.4 is 5.73 Å². The lowest BCUT2D eigenvalue weighted by Gasteiger charge is -2.17. The summed E-state index contributed by atoms with van der Waals surface area (Å²) < 4.78 is 5.29. The second-order valence-electron chi connectivity index (χ2n) is 6.23. The molecule has 2 aromatic heterocycles. The van der Waals surface area contributed by atoms with Gasteiger partial charge in [-0.05, 0) is 37.1 Å². The van der Waals surface area contributed by atoms with E-state index in [1.165, 1.54) is 0 Å². The highest BCUT2D eigenvalue weighted by molar-refractivity contribution is 6.31. The molecule has 0 aliphatic heterocycles. The Morgan fingerprint density at radius 2 is 1.84 bits per heavy atom. The molecule has 1 aliphatic rings. The van der Waals surface area contributed by atoms with Gasteiger partial charge in [0.2, 0.25) is 0 Å². The lowest BCUT2D eigenvalue weighted by atomic mass is 9.99. The molecule has 3 aromatic rings. The van der Waals surface area contributed by atoms with E-state index < -0.39 is 5.54 Å². The Morgan fingerprint density at radius 1 is 1.08 bits per heavy atom. The van der Waals surface area contributed by atoms with E-state index in [4.69, 9.17) is 21.9 Å². The zero-order chi connectivity index (χ0) is 16.6. The number of nitrogens with zero attached hydrogens (tertiary/aromatic N) is 3. The third-order valence-corrected chi connectivity index (χ3v) is 4.69. The second-order valence-corrected chi connectivity index (χ2v) is 6.66. The van der Waals surface area contributed by atoms with Crippen molar-refractivity contribution in [1.82, 2.24) is 15.1 Å². The van der Waals surface area contributed by atoms with Crippen LogP contribution in [0.25, 0.3) is 23.1 Å². The van der Waals surface area contributed by atoms with Crippen LogP contribution in [0.3, 0.4) is 0 Å². The summed E-state index contributed by atoms with van der Waals surface area (Å²) >= 11 is 6.02. The minimum absolute atomic E-state index is 0. The van der Waals surface area contributed by atoms with Gasteiger partial charge in [-0.15, -0.1) is 12.4 Å². The molecule has 0 bridgehead atoms. The molecule has 25 heavy (non-hydrogen) atoms. The van der Waals surface area contributed by atoms with Crippen LogP contribution in [-0.4, -0.2) is 15.1 Å². The van der Waals surface area contributed by atoms with Gasteiger partial charge in [-0.3, -0.25) is 0 Å². The zero-order valence-corrected chi connectivity index (χ0v) is 15.1. The summed E-state index contributed by atoms with van der Waals surface area (Å²) in [6.07, 6.45) is 7.63. The standard InChI is InChI=1S/C18H17ClN4O.ClH/c19-13-5-3-12-4-6-14(21-15(12)11-13)7-8-16-22-17(23-24-16)18(20)9-1-2-10-18;/h3-8,11H,1-2,9-10,20H2;1H/b8-7+;. The van der Waals surface area contributed by atoms with Crippen molar-refractivity contribution in [3.63, 3.8) is 0 Å². The Bertz CT molecular complexity index is 916. The van der Waals surface area contributed by atoms with Crippen molar-refractivity contribution in [2.45, 2.75) is 31.2 Å². The number of aromatic nitrogens is 3. The molecular formula is C18H18Cl2N4O. The number of fused-ring (bicyclic) bond motifs is 1. The van der Waals surface area contributed by atoms with Crippen molar-refractivity contribution in [3.8, 4) is 0 Å². The van der Waals surface area contributed by atoms with E-state index in [-0.39, 0.29) is 12.4 Å². The number of pyridine rings is 1. The Labute approximate surface area is 156 Å². The molecule has 5 nitrogen and oxygen atoms in total. The van der Waals surface area contributed by atoms with Crippen molar-refractivity contribution >= 4 is 47.1 Å². The Balaban J connectivity index is 0.00000182. The Morgan fingerprint density at radius 3 is 2.64 bits per heavy atom. The number of benzene rings is 1. The summed E-state index contributed by atoms with van der Waals surface area (Å²) in [7, 11) is 0. The summed E-state index contributed by atoms with van der Waals surface area (Å²) in [6.45, 7) is 0. The van der Waals surface area contributed by atoms with Crippen LogP contribution in [0.15, 0.2) is 34.9 Å². The average molecular weight is 377 g/mol. The maximum Gasteiger partial charge on any atom is 0.250 e. The van der Waals surface area contributed by atoms with Gasteiger partial charge in [0.1, 0.15) is 0 Å². The van der Waals surface area contributed by atoms with Crippen LogP contribution in [0.2, 0.25) is 5.02 Å². The van der Waals surface area contributed by atoms with E-state index >= 15 is 0 Å². The molecule has 0 atom stereocenters. The van der Waals surface area contributed by atoms with Crippen LogP contribution in [0.1, 0.15) is 43.1 Å². The first kappa shape index (κ1) is 17.9. The molecule has 0 amide bonds. The molecule has 0 spiro atoms. The van der Waals surface area contributed by atoms with Crippen LogP contribution in [0, 0.1) is 0 Å². The highest BCUT2D eigenvalue weighted by Crippen LogP contribution is 2.34. The van der Waals surface area contributed by atoms with Gasteiger partial charge in [0.25, 0.3) is 5.89 Å². The van der Waals surface area contributed by atoms with Gasteiger partial charge in [-0.2, -0.15) is 4.98 Å². The van der Waals surface area contributed by atoms with Crippen LogP contribution in [-0.2, 0) is 5.54 Å². The smallest absolute Gasteiger partial charge is 0.250 e. The van der Waals surface area contributed by atoms with Crippen LogP contribution in [0.5, 0.6) is 0 Å². The predicted octanol–water partition coefficient (Wildman–Crippen LogP) is 4.59. The van der Waals surface area contributed by atoms with Crippen molar-refractivity contribution in [3.05, 3.63) is 52.8 Å². The summed E-state index contributed by atoms with van der Waals surface area (Å²) in [5.74, 6) is 1.03. The largest absolute Gasteiger partial charge is 0.335 e. The fourth-order valence-electron chi connectivity index (χ4n) is 3.09. The Kier molecular flexibility index (Phi) is 5.08. The topological polar surface area (TPSA) is 77.8 Å². The second kappa shape index (κ2) is 7.12. The number of hydrogen-bond donors (Lipinski definition) is 1. The highest BCUT2D eigenvalue weighted by atomic mass is 35.5. The molecule has 0 saturated heterocycles. The zero-order valence-electron chi connectivity index (χ0n) is 13.5. The average Bonchev–Trinajstić information content (AvgIpc) is 3.22. The van der Waals surface area contributed by atoms with E-state index in [9.17, 15) is 0 Å². The SMILES string of the molecule is Cl.NC1(c2noc(/C=C/c3ccc4ccc(Cl)cc4n3)n2)CCCC1. The monoisotopic (exact) mass is 376 g/mol. The maximum atomic E-state index is 6.34. The van der Waals surface area contributed by atoms with E-state index in [1.54, 1.807) is 6.08 Å². The van der Waals surface area contributed by atoms with Gasteiger partial charge >= 0.3 is 0 Å². The molecular weight excluding hydrogens is 359 g/mol. The molecule has 1 aromatic carbocycles. The fraction of sp³-hybridized carbons (Fsp3) is 0.278. The first-order valence-electron chi connectivity index (χ1n) is 8.00. The minimum Gasteiger partial charge on any atom is -0.335 e. The summed E-state index contributed by atoms with van der Waals surface area (Å²) in [5.41, 5.74) is 7.56. The molecule has 2 N–H and O–H groups in total. The van der Waals surface area contributed by atoms with Gasteiger partial charge in [-0.1, -0.05) is 41.7 Å². The summed E-state index contributed by atoms with van der Waals surface area (Å²) in [6, 6.07) is 9.59. The molecule has 4 rings (SSSR count). The van der Waals surface area contributed by atoms with Gasteiger partial charge in [0, 0.05) is 16.5 Å². The normalized spacial score (nSPS) is 16.4. The van der Waals surface area contributed by atoms with E-state index in [2.05, 4.69) is 15.1 Å². The van der Waals surface area contributed by atoms with E-state index in [0.717, 1.165) is 42.3 Å². The quantitative estimate of drug-likeness (QED) is 0.722. The first-order chi connectivity index (χ1) is 11.6. The van der Waals surface area contributed by atoms with Crippen LogP contribution in [0.4, 0.5) is 0 Å². The number of nitrogens with two attached hydrogens (primary N) is 1. The third kappa shape index (κ3) is 3.68. The van der Waals surface area contributed by atoms with E-state index in [0.29, 0.717) is 16.7 Å². The third-order valence-electron chi connectivity index (χ3n) is 4.46. The maximum absolute atomic E-state index is 6.34. The van der Waals surface area contributed by atoms with Gasteiger partial charge in [0.05, 0.1) is 16.7 Å². The molecule has 2 heterocycles. The van der Waals surface area contributed by atoms with Crippen molar-refractivity contribution in [2.24, 2.45) is 5.73 Å². The Hall–Kier alpha value is -1.95. The van der Waals surface area contributed by atoms with Crippen LogP contribution >= 0.6 is 24.0 Å². The molecule has 0 radical (unpaired) electrons. The number of rotatable bonds is 3. The highest BCUT2D eigenvalue weighted by Gasteiger charge is 2.35. The molecule has 1 saturated carbocycles. The van der Waals surface area contributed by atoms with E-state index in [1.807, 2.05) is 36.4 Å². The van der Waals surface area contributed by atoms with Crippen molar-refractivity contribution < 1.29 is 4.52 Å². The molecule has 7 heteroatoms. The fourth-order valence-corrected chi connectivity index (χ4v) is 3.26. The summed E-state index contributed by atoms with van der Waals surface area (Å²) in [5, 5.41) is 5.76. The predicted molar refractivity (Wildman–Crippen MR) is 102 cm³/mol. The van der Waals surface area contributed by atoms with Gasteiger partial charge in [-0.25, -0.2) is 4.98 Å². The first-order valence-corrected chi connectivity index (χ1v) is 8.38. The lowest BCUT2D eigenvalue weighted by molar-refractivity contribution is 0.364. The lowest BCUT2D eigenvalue weighted by Crippen LogP contribution is -2.34. The van der Waals surface area contributed by atoms with Crippen molar-refractivity contribution in [2.75, 3.05) is 0 Å². The van der Waals surface area contributed by atoms with Crippen molar-refractivity contribution in [1.29, 1.82) is 0 Å². The van der Waals surface area contributed by atoms with Gasteiger partial charge < -0.3 is 10.3 Å². The summed E-state index contributed by atoms with van der Waals surface area (Å²) in [4.78, 5) is 8.98. The molecule has 0 unspecified atom stereocenters. The number of halogens is 2. The molecule has 1 aliphatic carbocycles. The molecule has 130 valence electrons. The minimum atomic E-state index is -0.437.